The molecule has 2 heteroatoms. The molecule has 18 heavy (non-hydrogen) atoms. The predicted molar refractivity (Wildman–Crippen MR) is 75.6 cm³/mol. The Labute approximate surface area is 111 Å². The van der Waals surface area contributed by atoms with Crippen LogP contribution in [0.3, 0.4) is 0 Å². The van der Waals surface area contributed by atoms with E-state index in [4.69, 9.17) is 0 Å². The molecule has 0 aliphatic carbocycles. The molecule has 0 saturated carbocycles. The number of benzene rings is 1. The Kier molecular flexibility index (Phi) is 4.41. The Morgan fingerprint density at radius 1 is 1.39 bits per heavy atom. The van der Waals surface area contributed by atoms with Gasteiger partial charge in [-0.1, -0.05) is 23.8 Å². The molecule has 2 rings (SSSR count). The highest BCUT2D eigenvalue weighted by molar-refractivity contribution is 5.30. The number of hydrogen-bond acceptors (Lipinski definition) is 2. The van der Waals surface area contributed by atoms with Crippen LogP contribution in [-0.2, 0) is 6.54 Å². The highest BCUT2D eigenvalue weighted by Gasteiger charge is 2.25. The molecule has 0 amide bonds. The van der Waals surface area contributed by atoms with E-state index in [0.717, 1.165) is 13.0 Å². The fourth-order valence-corrected chi connectivity index (χ4v) is 3.01. The molecule has 2 nitrogen and oxygen atoms in total. The molecule has 0 radical (unpaired) electrons. The van der Waals surface area contributed by atoms with Gasteiger partial charge in [0.1, 0.15) is 0 Å². The van der Waals surface area contributed by atoms with E-state index in [1.165, 1.54) is 36.1 Å². The quantitative estimate of drug-likeness (QED) is 0.884. The standard InChI is InChI=1S/C16H25NO/c1-12-6-7-15(13(2)9-12)11-17-8-4-5-16(17)10-14(3)18/h6-7,9,14,16,18H,4-5,8,10-11H2,1-3H3. The first-order chi connectivity index (χ1) is 8.56. The molecular weight excluding hydrogens is 222 g/mol. The third kappa shape index (κ3) is 3.33. The molecule has 1 aromatic rings. The molecule has 1 aliphatic heterocycles. The Morgan fingerprint density at radius 2 is 2.17 bits per heavy atom. The zero-order valence-corrected chi connectivity index (χ0v) is 11.8. The largest absolute Gasteiger partial charge is 0.393 e. The Hall–Kier alpha value is -0.860. The summed E-state index contributed by atoms with van der Waals surface area (Å²) in [4.78, 5) is 2.53. The fourth-order valence-electron chi connectivity index (χ4n) is 3.01. The normalized spacial score (nSPS) is 22.3. The van der Waals surface area contributed by atoms with Crippen LogP contribution in [0.5, 0.6) is 0 Å². The van der Waals surface area contributed by atoms with Crippen molar-refractivity contribution in [2.75, 3.05) is 6.54 Å². The summed E-state index contributed by atoms with van der Waals surface area (Å²) in [6.07, 6.45) is 3.22. The van der Waals surface area contributed by atoms with Gasteiger partial charge in [-0.05, 0) is 57.7 Å². The number of aliphatic hydroxyl groups excluding tert-OH is 1. The molecule has 2 unspecified atom stereocenters. The molecule has 1 heterocycles. The summed E-state index contributed by atoms with van der Waals surface area (Å²) in [6.45, 7) is 8.44. The van der Waals surface area contributed by atoms with Gasteiger partial charge < -0.3 is 5.11 Å². The van der Waals surface area contributed by atoms with E-state index in [9.17, 15) is 5.11 Å². The van der Waals surface area contributed by atoms with E-state index < -0.39 is 0 Å². The van der Waals surface area contributed by atoms with E-state index in [0.29, 0.717) is 6.04 Å². The zero-order chi connectivity index (χ0) is 13.1. The third-order valence-corrected chi connectivity index (χ3v) is 3.98. The van der Waals surface area contributed by atoms with E-state index in [1.807, 2.05) is 6.92 Å². The molecule has 0 spiro atoms. The highest BCUT2D eigenvalue weighted by Crippen LogP contribution is 2.24. The van der Waals surface area contributed by atoms with Gasteiger partial charge in [-0.25, -0.2) is 0 Å². The van der Waals surface area contributed by atoms with Gasteiger partial charge in [0, 0.05) is 12.6 Å². The van der Waals surface area contributed by atoms with E-state index in [2.05, 4.69) is 36.9 Å². The van der Waals surface area contributed by atoms with E-state index in [-0.39, 0.29) is 6.10 Å². The number of rotatable bonds is 4. The number of aliphatic hydroxyl groups is 1. The molecule has 1 aromatic carbocycles. The van der Waals surface area contributed by atoms with Crippen molar-refractivity contribution < 1.29 is 5.11 Å². The Bertz CT molecular complexity index is 400. The van der Waals surface area contributed by atoms with Crippen LogP contribution >= 0.6 is 0 Å². The van der Waals surface area contributed by atoms with Crippen molar-refractivity contribution in [1.82, 2.24) is 4.90 Å². The van der Waals surface area contributed by atoms with Crippen LogP contribution in [0, 0.1) is 13.8 Å². The van der Waals surface area contributed by atoms with Crippen molar-refractivity contribution in [3.8, 4) is 0 Å². The van der Waals surface area contributed by atoms with Gasteiger partial charge in [0.05, 0.1) is 6.10 Å². The predicted octanol–water partition coefficient (Wildman–Crippen LogP) is 3.04. The van der Waals surface area contributed by atoms with Crippen LogP contribution in [0.15, 0.2) is 18.2 Å². The smallest absolute Gasteiger partial charge is 0.0527 e. The first-order valence-corrected chi connectivity index (χ1v) is 7.04. The van der Waals surface area contributed by atoms with Crippen LogP contribution in [0.1, 0.15) is 42.9 Å². The lowest BCUT2D eigenvalue weighted by Gasteiger charge is -2.26. The van der Waals surface area contributed by atoms with Gasteiger partial charge in [-0.3, -0.25) is 4.90 Å². The van der Waals surface area contributed by atoms with Crippen molar-refractivity contribution in [2.24, 2.45) is 0 Å². The van der Waals surface area contributed by atoms with Crippen molar-refractivity contribution in [2.45, 2.75) is 58.7 Å². The average Bonchev–Trinajstić information content (AvgIpc) is 2.69. The van der Waals surface area contributed by atoms with Gasteiger partial charge in [0.2, 0.25) is 0 Å². The molecule has 0 bridgehead atoms. The van der Waals surface area contributed by atoms with Gasteiger partial charge in [0.15, 0.2) is 0 Å². The maximum absolute atomic E-state index is 9.56. The second-order valence-corrected chi connectivity index (χ2v) is 5.78. The van der Waals surface area contributed by atoms with Crippen LogP contribution in [0.25, 0.3) is 0 Å². The second kappa shape index (κ2) is 5.85. The molecule has 0 aromatic heterocycles. The molecule has 1 fully saturated rings. The van der Waals surface area contributed by atoms with Crippen molar-refractivity contribution in [1.29, 1.82) is 0 Å². The summed E-state index contributed by atoms with van der Waals surface area (Å²) >= 11 is 0. The van der Waals surface area contributed by atoms with E-state index in [1.54, 1.807) is 0 Å². The number of aryl methyl sites for hydroxylation is 2. The summed E-state index contributed by atoms with van der Waals surface area (Å²) in [7, 11) is 0. The summed E-state index contributed by atoms with van der Waals surface area (Å²) in [6, 6.07) is 7.27. The number of nitrogens with zero attached hydrogens (tertiary/aromatic N) is 1. The molecule has 1 N–H and O–H groups in total. The van der Waals surface area contributed by atoms with Gasteiger partial charge in [0.25, 0.3) is 0 Å². The molecule has 1 saturated heterocycles. The summed E-state index contributed by atoms with van der Waals surface area (Å²) in [5, 5.41) is 9.56. The SMILES string of the molecule is Cc1ccc(CN2CCCC2CC(C)O)c(C)c1. The number of hydrogen-bond donors (Lipinski definition) is 1. The minimum absolute atomic E-state index is 0.185. The first kappa shape index (κ1) is 13.6. The van der Waals surface area contributed by atoms with E-state index >= 15 is 0 Å². The lowest BCUT2D eigenvalue weighted by Crippen LogP contribution is -2.31. The van der Waals surface area contributed by atoms with Crippen LogP contribution in [-0.4, -0.2) is 28.7 Å². The maximum atomic E-state index is 9.56. The second-order valence-electron chi connectivity index (χ2n) is 5.78. The molecule has 100 valence electrons. The van der Waals surface area contributed by atoms with Gasteiger partial charge in [-0.15, -0.1) is 0 Å². The minimum atomic E-state index is -0.185. The number of likely N-dealkylation sites (tertiary alicyclic amines) is 1. The van der Waals surface area contributed by atoms with Gasteiger partial charge in [-0.2, -0.15) is 0 Å². The zero-order valence-electron chi connectivity index (χ0n) is 11.8. The molecule has 1 aliphatic rings. The Morgan fingerprint density at radius 3 is 2.83 bits per heavy atom. The monoisotopic (exact) mass is 247 g/mol. The summed E-state index contributed by atoms with van der Waals surface area (Å²) < 4.78 is 0. The Balaban J connectivity index is 2.03. The lowest BCUT2D eigenvalue weighted by molar-refractivity contribution is 0.130. The van der Waals surface area contributed by atoms with Crippen molar-refractivity contribution in [3.05, 3.63) is 34.9 Å². The van der Waals surface area contributed by atoms with Crippen molar-refractivity contribution in [3.63, 3.8) is 0 Å². The molecular formula is C16H25NO. The van der Waals surface area contributed by atoms with Crippen LogP contribution in [0.4, 0.5) is 0 Å². The minimum Gasteiger partial charge on any atom is -0.393 e. The fraction of sp³-hybridized carbons (Fsp3) is 0.625. The topological polar surface area (TPSA) is 23.5 Å². The average molecular weight is 247 g/mol. The summed E-state index contributed by atoms with van der Waals surface area (Å²) in [5.74, 6) is 0. The summed E-state index contributed by atoms with van der Waals surface area (Å²) in [5.41, 5.74) is 4.15. The van der Waals surface area contributed by atoms with Gasteiger partial charge >= 0.3 is 0 Å². The van der Waals surface area contributed by atoms with Crippen LogP contribution < -0.4 is 0 Å². The lowest BCUT2D eigenvalue weighted by atomic mass is 10.0. The first-order valence-electron chi connectivity index (χ1n) is 7.04. The maximum Gasteiger partial charge on any atom is 0.0527 e. The van der Waals surface area contributed by atoms with Crippen LogP contribution in [0.2, 0.25) is 0 Å². The highest BCUT2D eigenvalue weighted by atomic mass is 16.3. The third-order valence-electron chi connectivity index (χ3n) is 3.98. The molecule has 2 atom stereocenters. The van der Waals surface area contributed by atoms with Crippen molar-refractivity contribution >= 4 is 0 Å².